The lowest BCUT2D eigenvalue weighted by atomic mass is 9.94. The van der Waals surface area contributed by atoms with Crippen LogP contribution in [0.4, 0.5) is 14.7 Å². The van der Waals surface area contributed by atoms with E-state index in [2.05, 4.69) is 25.6 Å². The summed E-state index contributed by atoms with van der Waals surface area (Å²) in [5, 5.41) is 16.7. The van der Waals surface area contributed by atoms with Gasteiger partial charge >= 0.3 is 0 Å². The van der Waals surface area contributed by atoms with Gasteiger partial charge in [0.1, 0.15) is 5.52 Å². The Labute approximate surface area is 211 Å². The Balaban J connectivity index is 1.37. The van der Waals surface area contributed by atoms with Gasteiger partial charge < -0.3 is 25.2 Å². The molecule has 2 aliphatic rings. The maximum absolute atomic E-state index is 14.9. The number of carbonyl (C=O) groups is 1. The number of aromatic nitrogens is 4. The third-order valence-corrected chi connectivity index (χ3v) is 7.00. The molecule has 1 amide bonds. The minimum atomic E-state index is -1.90. The number of imidazole rings is 1. The highest BCUT2D eigenvalue weighted by molar-refractivity contribution is 6.33. The zero-order valence-electron chi connectivity index (χ0n) is 20.2. The number of halogens is 3. The molecule has 0 aliphatic carbocycles. The van der Waals surface area contributed by atoms with Gasteiger partial charge in [0.05, 0.1) is 40.9 Å². The van der Waals surface area contributed by atoms with Crippen molar-refractivity contribution in [3.8, 4) is 11.3 Å². The van der Waals surface area contributed by atoms with Crippen LogP contribution in [0.3, 0.4) is 0 Å². The van der Waals surface area contributed by atoms with Gasteiger partial charge in [-0.3, -0.25) is 4.79 Å². The van der Waals surface area contributed by atoms with Crippen molar-refractivity contribution >= 4 is 34.5 Å². The van der Waals surface area contributed by atoms with E-state index in [1.807, 2.05) is 25.3 Å². The van der Waals surface area contributed by atoms with Gasteiger partial charge in [-0.2, -0.15) is 0 Å². The monoisotopic (exact) mass is 519 g/mol. The summed E-state index contributed by atoms with van der Waals surface area (Å²) in [5.41, 5.74) is -0.547. The van der Waals surface area contributed by atoms with Gasteiger partial charge in [0, 0.05) is 37.3 Å². The number of amides is 1. The SMILES string of the molecule is CC(C)(C)n1cnc2c(F)cc(-c3nc(N[C@@H]4CCN(C(=O)C5(F)CNC5)C[C@H]4O)ncc3Cl)cc21. The molecule has 36 heavy (non-hydrogen) atoms. The van der Waals surface area contributed by atoms with Crippen molar-refractivity contribution in [3.63, 3.8) is 0 Å². The molecule has 3 N–H and O–H groups in total. The lowest BCUT2D eigenvalue weighted by Crippen LogP contribution is -2.67. The van der Waals surface area contributed by atoms with Gasteiger partial charge in [-0.05, 0) is 39.3 Å². The molecule has 0 bridgehead atoms. The number of likely N-dealkylation sites (tertiary alicyclic amines) is 1. The highest BCUT2D eigenvalue weighted by Crippen LogP contribution is 2.32. The summed E-state index contributed by atoms with van der Waals surface area (Å²) >= 11 is 6.39. The highest BCUT2D eigenvalue weighted by atomic mass is 35.5. The summed E-state index contributed by atoms with van der Waals surface area (Å²) in [4.78, 5) is 26.7. The zero-order valence-corrected chi connectivity index (χ0v) is 21.0. The average Bonchev–Trinajstić information content (AvgIpc) is 3.25. The van der Waals surface area contributed by atoms with Crippen LogP contribution in [0.2, 0.25) is 5.02 Å². The van der Waals surface area contributed by atoms with Gasteiger partial charge in [-0.15, -0.1) is 0 Å². The first kappa shape index (κ1) is 24.8. The molecule has 2 aromatic heterocycles. The first-order valence-corrected chi connectivity index (χ1v) is 12.2. The molecule has 2 aliphatic heterocycles. The molecule has 2 atom stereocenters. The number of nitrogens with one attached hydrogen (secondary N) is 2. The Hall–Kier alpha value is -2.89. The van der Waals surface area contributed by atoms with Crippen LogP contribution in [0, 0.1) is 5.82 Å². The maximum Gasteiger partial charge on any atom is 0.263 e. The number of benzene rings is 1. The molecule has 2 saturated heterocycles. The first-order valence-electron chi connectivity index (χ1n) is 11.8. The van der Waals surface area contributed by atoms with Gasteiger partial charge in [0.15, 0.2) is 5.82 Å². The smallest absolute Gasteiger partial charge is 0.263 e. The summed E-state index contributed by atoms with van der Waals surface area (Å²) in [5.74, 6) is -0.890. The van der Waals surface area contributed by atoms with Crippen LogP contribution in [0.5, 0.6) is 0 Å². The fraction of sp³-hybridized carbons (Fsp3) is 0.500. The van der Waals surface area contributed by atoms with Gasteiger partial charge in [-0.25, -0.2) is 23.7 Å². The molecular weight excluding hydrogens is 492 g/mol. The Bertz CT molecular complexity index is 1320. The molecule has 1 aromatic carbocycles. The minimum Gasteiger partial charge on any atom is -0.389 e. The number of aliphatic hydroxyl groups is 1. The van der Waals surface area contributed by atoms with E-state index in [1.165, 1.54) is 17.2 Å². The van der Waals surface area contributed by atoms with Crippen molar-refractivity contribution in [2.24, 2.45) is 0 Å². The Morgan fingerprint density at radius 3 is 2.69 bits per heavy atom. The molecule has 4 heterocycles. The third-order valence-electron chi connectivity index (χ3n) is 6.72. The number of piperidine rings is 1. The molecule has 2 fully saturated rings. The van der Waals surface area contributed by atoms with Crippen LogP contribution in [-0.2, 0) is 10.3 Å². The maximum atomic E-state index is 14.9. The van der Waals surface area contributed by atoms with Gasteiger partial charge in [0.25, 0.3) is 5.91 Å². The van der Waals surface area contributed by atoms with E-state index in [0.717, 1.165) is 0 Å². The molecule has 0 saturated carbocycles. The van der Waals surface area contributed by atoms with E-state index in [0.29, 0.717) is 29.7 Å². The van der Waals surface area contributed by atoms with Crippen molar-refractivity contribution in [2.45, 2.75) is 50.5 Å². The fourth-order valence-corrected chi connectivity index (χ4v) is 4.81. The Kier molecular flexibility index (Phi) is 6.12. The predicted octanol–water partition coefficient (Wildman–Crippen LogP) is 2.73. The fourth-order valence-electron chi connectivity index (χ4n) is 4.61. The number of fused-ring (bicyclic) bond motifs is 1. The predicted molar refractivity (Wildman–Crippen MR) is 132 cm³/mol. The van der Waals surface area contributed by atoms with Gasteiger partial charge in [-0.1, -0.05) is 11.6 Å². The second-order valence-electron chi connectivity index (χ2n) is 10.4. The largest absolute Gasteiger partial charge is 0.389 e. The van der Waals surface area contributed by atoms with E-state index < -0.39 is 29.5 Å². The van der Waals surface area contributed by atoms with Crippen molar-refractivity contribution in [3.05, 3.63) is 35.5 Å². The molecule has 0 spiro atoms. The molecular formula is C24H28ClF2N7O2. The minimum absolute atomic E-state index is 0.00128. The summed E-state index contributed by atoms with van der Waals surface area (Å²) < 4.78 is 31.3. The van der Waals surface area contributed by atoms with Crippen LogP contribution >= 0.6 is 11.6 Å². The molecule has 192 valence electrons. The second-order valence-corrected chi connectivity index (χ2v) is 10.8. The number of aliphatic hydroxyl groups excluding tert-OH is 1. The number of hydrogen-bond acceptors (Lipinski definition) is 7. The van der Waals surface area contributed by atoms with Gasteiger partial charge in [0.2, 0.25) is 11.6 Å². The molecule has 9 nitrogen and oxygen atoms in total. The lowest BCUT2D eigenvalue weighted by molar-refractivity contribution is -0.150. The molecule has 3 aromatic rings. The topological polar surface area (TPSA) is 108 Å². The highest BCUT2D eigenvalue weighted by Gasteiger charge is 2.48. The summed E-state index contributed by atoms with van der Waals surface area (Å²) in [6.07, 6.45) is 2.45. The first-order chi connectivity index (χ1) is 17.0. The van der Waals surface area contributed by atoms with Crippen LogP contribution in [-0.4, -0.2) is 79.4 Å². The standard InChI is InChI=1S/C24H28ClF2N7O2/c1-23(2,3)34-12-30-20-15(26)6-13(7-17(20)34)19-14(25)8-29-22(32-19)31-16-4-5-33(9-18(16)35)21(36)24(27)10-28-11-24/h6-8,12,16,18,28,35H,4-5,9-11H2,1-3H3,(H,29,31,32)/t16-,18-/m1/s1. The van der Waals surface area contributed by atoms with E-state index in [4.69, 9.17) is 11.6 Å². The van der Waals surface area contributed by atoms with Crippen molar-refractivity contribution in [1.82, 2.24) is 29.7 Å². The number of rotatable bonds is 4. The van der Waals surface area contributed by atoms with Crippen LogP contribution < -0.4 is 10.6 Å². The Morgan fingerprint density at radius 1 is 1.31 bits per heavy atom. The number of nitrogens with zero attached hydrogens (tertiary/aromatic N) is 5. The Morgan fingerprint density at radius 2 is 2.06 bits per heavy atom. The second kappa shape index (κ2) is 8.89. The number of alkyl halides is 1. The normalized spacial score (nSPS) is 21.9. The van der Waals surface area contributed by atoms with Crippen LogP contribution in [0.25, 0.3) is 22.3 Å². The van der Waals surface area contributed by atoms with Crippen molar-refractivity contribution < 1.29 is 18.7 Å². The van der Waals surface area contributed by atoms with Crippen LogP contribution in [0.15, 0.2) is 24.7 Å². The van der Waals surface area contributed by atoms with E-state index in [-0.39, 0.29) is 41.7 Å². The lowest BCUT2D eigenvalue weighted by Gasteiger charge is -2.42. The number of anilines is 1. The quantitative estimate of drug-likeness (QED) is 0.486. The van der Waals surface area contributed by atoms with E-state index >= 15 is 0 Å². The molecule has 12 heteroatoms. The third kappa shape index (κ3) is 4.39. The molecule has 0 radical (unpaired) electrons. The summed E-state index contributed by atoms with van der Waals surface area (Å²) in [7, 11) is 0. The number of carbonyl (C=O) groups excluding carboxylic acids is 1. The van der Waals surface area contributed by atoms with Crippen molar-refractivity contribution in [2.75, 3.05) is 31.5 Å². The van der Waals surface area contributed by atoms with Crippen LogP contribution in [0.1, 0.15) is 27.2 Å². The molecule has 5 rings (SSSR count). The number of hydrogen-bond donors (Lipinski definition) is 3. The number of β-amino-alcohol motifs (C(OH)–C–C–N with tert-alkyl or cyclic N) is 1. The molecule has 0 unspecified atom stereocenters. The zero-order chi connectivity index (χ0) is 25.8. The average molecular weight is 520 g/mol. The van der Waals surface area contributed by atoms with Crippen molar-refractivity contribution in [1.29, 1.82) is 0 Å². The summed E-state index contributed by atoms with van der Waals surface area (Å²) in [6, 6.07) is 2.66. The van der Waals surface area contributed by atoms with E-state index in [1.54, 1.807) is 12.4 Å². The summed E-state index contributed by atoms with van der Waals surface area (Å²) in [6.45, 7) is 6.27. The van der Waals surface area contributed by atoms with E-state index in [9.17, 15) is 18.7 Å².